The number of benzene rings is 2. The summed E-state index contributed by atoms with van der Waals surface area (Å²) in [4.78, 5) is 36.2. The van der Waals surface area contributed by atoms with E-state index < -0.39 is 17.6 Å². The van der Waals surface area contributed by atoms with Gasteiger partial charge in [0, 0.05) is 15.8 Å². The van der Waals surface area contributed by atoms with E-state index in [0.29, 0.717) is 11.3 Å². The Morgan fingerprint density at radius 3 is 2.31 bits per heavy atom. The lowest BCUT2D eigenvalue weighted by atomic mass is 10.1. The van der Waals surface area contributed by atoms with Crippen LogP contribution in [0, 0.1) is 3.57 Å². The van der Waals surface area contributed by atoms with E-state index >= 15 is 0 Å². The number of hydrogen-bond donors (Lipinski definition) is 3. The highest BCUT2D eigenvalue weighted by atomic mass is 127. The molecule has 8 heteroatoms. The molecule has 3 N–H and O–H groups in total. The van der Waals surface area contributed by atoms with Gasteiger partial charge in [-0.05, 0) is 67.1 Å². The Morgan fingerprint density at radius 1 is 0.966 bits per heavy atom. The predicted molar refractivity (Wildman–Crippen MR) is 120 cm³/mol. The molecule has 154 valence electrons. The van der Waals surface area contributed by atoms with Gasteiger partial charge in [0.15, 0.2) is 0 Å². The van der Waals surface area contributed by atoms with Crippen LogP contribution < -0.4 is 16.0 Å². The fourth-order valence-corrected chi connectivity index (χ4v) is 3.01. The molecule has 3 amide bonds. The van der Waals surface area contributed by atoms with Crippen molar-refractivity contribution in [3.8, 4) is 0 Å². The number of amides is 3. The van der Waals surface area contributed by atoms with Crippen molar-refractivity contribution in [1.82, 2.24) is 10.6 Å². The SMILES string of the molecule is CC(C)(C)OC(=O)NCC(=O)Nc1ccccc1CNC(=O)c1ccccc1I. The molecule has 0 heterocycles. The van der Waals surface area contributed by atoms with E-state index in [2.05, 4.69) is 38.5 Å². The third-order valence-electron chi connectivity index (χ3n) is 3.64. The van der Waals surface area contributed by atoms with Gasteiger partial charge in [0.05, 0.1) is 5.56 Å². The van der Waals surface area contributed by atoms with Crippen molar-refractivity contribution in [2.24, 2.45) is 0 Å². The molecule has 0 aromatic heterocycles. The topological polar surface area (TPSA) is 96.5 Å². The quantitative estimate of drug-likeness (QED) is 0.518. The van der Waals surface area contributed by atoms with Crippen LogP contribution in [0.4, 0.5) is 10.5 Å². The van der Waals surface area contributed by atoms with Gasteiger partial charge in [0.25, 0.3) is 5.91 Å². The molecule has 0 spiro atoms. The van der Waals surface area contributed by atoms with Gasteiger partial charge in [-0.25, -0.2) is 4.79 Å². The molecule has 0 aliphatic carbocycles. The van der Waals surface area contributed by atoms with Crippen LogP contribution >= 0.6 is 22.6 Å². The first-order valence-electron chi connectivity index (χ1n) is 9.03. The van der Waals surface area contributed by atoms with Gasteiger partial charge in [0.1, 0.15) is 12.1 Å². The summed E-state index contributed by atoms with van der Waals surface area (Å²) in [6.45, 7) is 5.26. The monoisotopic (exact) mass is 509 g/mol. The minimum atomic E-state index is -0.661. The highest BCUT2D eigenvalue weighted by Crippen LogP contribution is 2.16. The number of nitrogens with one attached hydrogen (secondary N) is 3. The van der Waals surface area contributed by atoms with Gasteiger partial charge in [-0.1, -0.05) is 30.3 Å². The fraction of sp³-hybridized carbons (Fsp3) is 0.286. The largest absolute Gasteiger partial charge is 0.444 e. The zero-order valence-corrected chi connectivity index (χ0v) is 18.7. The number of para-hydroxylation sites is 1. The number of halogens is 1. The zero-order valence-electron chi connectivity index (χ0n) is 16.5. The maximum Gasteiger partial charge on any atom is 0.408 e. The van der Waals surface area contributed by atoms with E-state index in [1.807, 2.05) is 30.3 Å². The number of carbonyl (C=O) groups is 3. The van der Waals surface area contributed by atoms with Crippen molar-refractivity contribution >= 4 is 46.2 Å². The Morgan fingerprint density at radius 2 is 1.62 bits per heavy atom. The first-order chi connectivity index (χ1) is 13.7. The summed E-state index contributed by atoms with van der Waals surface area (Å²) >= 11 is 2.11. The van der Waals surface area contributed by atoms with Crippen LogP contribution in [-0.4, -0.2) is 30.1 Å². The van der Waals surface area contributed by atoms with Crippen LogP contribution in [0.25, 0.3) is 0 Å². The molecule has 0 radical (unpaired) electrons. The van der Waals surface area contributed by atoms with Gasteiger partial charge < -0.3 is 20.7 Å². The number of ether oxygens (including phenoxy) is 1. The molecule has 2 aromatic rings. The van der Waals surface area contributed by atoms with Gasteiger partial charge in [-0.3, -0.25) is 9.59 Å². The smallest absolute Gasteiger partial charge is 0.408 e. The second-order valence-corrected chi connectivity index (χ2v) is 8.39. The molecule has 0 saturated carbocycles. The second kappa shape index (κ2) is 10.2. The number of rotatable bonds is 6. The van der Waals surface area contributed by atoms with Crippen molar-refractivity contribution < 1.29 is 19.1 Å². The fourth-order valence-electron chi connectivity index (χ4n) is 2.37. The summed E-state index contributed by atoms with van der Waals surface area (Å²) in [5.41, 5.74) is 1.27. The summed E-state index contributed by atoms with van der Waals surface area (Å²) in [6.07, 6.45) is -0.661. The Kier molecular flexibility index (Phi) is 8.00. The Hall–Kier alpha value is -2.62. The van der Waals surface area contributed by atoms with Crippen molar-refractivity contribution in [2.75, 3.05) is 11.9 Å². The maximum absolute atomic E-state index is 12.4. The third kappa shape index (κ3) is 7.72. The highest BCUT2D eigenvalue weighted by molar-refractivity contribution is 14.1. The standard InChI is InChI=1S/C21H24IN3O4/c1-21(2,3)29-20(28)24-13-18(26)25-17-11-7-4-8-14(17)12-23-19(27)15-9-5-6-10-16(15)22/h4-11H,12-13H2,1-3H3,(H,23,27)(H,24,28)(H,25,26). The highest BCUT2D eigenvalue weighted by Gasteiger charge is 2.17. The van der Waals surface area contributed by atoms with E-state index in [-0.39, 0.29) is 19.0 Å². The van der Waals surface area contributed by atoms with E-state index in [9.17, 15) is 14.4 Å². The van der Waals surface area contributed by atoms with Crippen LogP contribution in [0.3, 0.4) is 0 Å². The molecule has 7 nitrogen and oxygen atoms in total. The van der Waals surface area contributed by atoms with Gasteiger partial charge in [-0.2, -0.15) is 0 Å². The molecule has 0 saturated heterocycles. The van der Waals surface area contributed by atoms with Crippen molar-refractivity contribution in [3.63, 3.8) is 0 Å². The van der Waals surface area contributed by atoms with Gasteiger partial charge in [0.2, 0.25) is 5.91 Å². The van der Waals surface area contributed by atoms with Crippen LogP contribution in [0.2, 0.25) is 0 Å². The number of anilines is 1. The lowest BCUT2D eigenvalue weighted by molar-refractivity contribution is -0.115. The summed E-state index contributed by atoms with van der Waals surface area (Å²) in [5, 5.41) is 8.02. The summed E-state index contributed by atoms with van der Waals surface area (Å²) in [7, 11) is 0. The first kappa shape index (κ1) is 22.7. The van der Waals surface area contributed by atoms with Gasteiger partial charge in [-0.15, -0.1) is 0 Å². The summed E-state index contributed by atoms with van der Waals surface area (Å²) < 4.78 is 5.96. The van der Waals surface area contributed by atoms with Crippen molar-refractivity contribution in [1.29, 1.82) is 0 Å². The average molecular weight is 509 g/mol. The third-order valence-corrected chi connectivity index (χ3v) is 4.58. The molecule has 0 aliphatic rings. The van der Waals surface area contributed by atoms with Crippen LogP contribution in [0.1, 0.15) is 36.7 Å². The molecular weight excluding hydrogens is 485 g/mol. The molecular formula is C21H24IN3O4. The first-order valence-corrected chi connectivity index (χ1v) is 10.1. The van der Waals surface area contributed by atoms with Crippen LogP contribution in [0.15, 0.2) is 48.5 Å². The molecule has 2 rings (SSSR count). The van der Waals surface area contributed by atoms with E-state index in [0.717, 1.165) is 9.13 Å². The lowest BCUT2D eigenvalue weighted by Gasteiger charge is -2.19. The Balaban J connectivity index is 1.93. The number of alkyl carbamates (subject to hydrolysis) is 1. The van der Waals surface area contributed by atoms with Gasteiger partial charge >= 0.3 is 6.09 Å². The van der Waals surface area contributed by atoms with E-state index in [1.54, 1.807) is 39.0 Å². The van der Waals surface area contributed by atoms with Crippen LogP contribution in [0.5, 0.6) is 0 Å². The average Bonchev–Trinajstić information content (AvgIpc) is 2.64. The number of carbonyl (C=O) groups excluding carboxylic acids is 3. The molecule has 0 fully saturated rings. The molecule has 0 aliphatic heterocycles. The van der Waals surface area contributed by atoms with Crippen molar-refractivity contribution in [3.05, 3.63) is 63.2 Å². The normalized spacial score (nSPS) is 10.8. The van der Waals surface area contributed by atoms with Crippen molar-refractivity contribution in [2.45, 2.75) is 32.9 Å². The van der Waals surface area contributed by atoms with E-state index in [4.69, 9.17) is 4.74 Å². The minimum absolute atomic E-state index is 0.192. The number of hydrogen-bond acceptors (Lipinski definition) is 4. The summed E-state index contributed by atoms with van der Waals surface area (Å²) in [6, 6.07) is 14.4. The molecule has 0 atom stereocenters. The van der Waals surface area contributed by atoms with E-state index in [1.165, 1.54) is 0 Å². The predicted octanol–water partition coefficient (Wildman–Crippen LogP) is 3.68. The molecule has 0 unspecified atom stereocenters. The zero-order chi connectivity index (χ0) is 21.4. The molecule has 29 heavy (non-hydrogen) atoms. The summed E-state index contributed by atoms with van der Waals surface area (Å²) in [5.74, 6) is -0.588. The molecule has 2 aromatic carbocycles. The molecule has 0 bridgehead atoms. The second-order valence-electron chi connectivity index (χ2n) is 7.22. The Bertz CT molecular complexity index is 893. The Labute approximate surface area is 183 Å². The maximum atomic E-state index is 12.4. The minimum Gasteiger partial charge on any atom is -0.444 e. The lowest BCUT2D eigenvalue weighted by Crippen LogP contribution is -2.37. The van der Waals surface area contributed by atoms with Crippen LogP contribution in [-0.2, 0) is 16.1 Å².